The lowest BCUT2D eigenvalue weighted by molar-refractivity contribution is -0.138. The summed E-state index contributed by atoms with van der Waals surface area (Å²) in [5.74, 6) is -0.605. The van der Waals surface area contributed by atoms with E-state index in [1.54, 1.807) is 6.08 Å². The number of aliphatic hydroxyl groups excluding tert-OH is 1. The molecule has 0 aromatic heterocycles. The van der Waals surface area contributed by atoms with Gasteiger partial charge in [0.2, 0.25) is 0 Å². The van der Waals surface area contributed by atoms with Crippen molar-refractivity contribution in [1.29, 1.82) is 0 Å². The number of carbonyl (C=O) groups is 1. The van der Waals surface area contributed by atoms with Gasteiger partial charge in [-0.3, -0.25) is 0 Å². The molecule has 0 aliphatic rings. The molecular formula is C10H9O3. The molecule has 0 aliphatic heterocycles. The molecule has 0 amide bonds. The lowest BCUT2D eigenvalue weighted by Gasteiger charge is -1.92. The number of ether oxygens (including phenoxy) is 1. The third-order valence-electron chi connectivity index (χ3n) is 1.38. The summed E-state index contributed by atoms with van der Waals surface area (Å²) in [5.41, 5.74) is 0.900. The van der Waals surface area contributed by atoms with E-state index in [1.165, 1.54) is 6.08 Å². The molecule has 0 spiro atoms. The summed E-state index contributed by atoms with van der Waals surface area (Å²) in [6, 6.07) is 9.32. The molecule has 0 unspecified atom stereocenters. The van der Waals surface area contributed by atoms with Gasteiger partial charge in [0.1, 0.15) is 0 Å². The van der Waals surface area contributed by atoms with E-state index in [2.05, 4.69) is 4.74 Å². The van der Waals surface area contributed by atoms with E-state index in [1.807, 2.05) is 30.3 Å². The normalized spacial score (nSPS) is 10.2. The predicted octanol–water partition coefficient (Wildman–Crippen LogP) is 1.73. The maximum Gasteiger partial charge on any atom is 0.333 e. The molecule has 0 fully saturated rings. The Morgan fingerprint density at radius 3 is 2.62 bits per heavy atom. The zero-order valence-corrected chi connectivity index (χ0v) is 6.88. The van der Waals surface area contributed by atoms with Gasteiger partial charge in [0.05, 0.1) is 0 Å². The Labute approximate surface area is 76.3 Å². The van der Waals surface area contributed by atoms with Crippen LogP contribution in [-0.4, -0.2) is 11.1 Å². The fourth-order valence-electron chi connectivity index (χ4n) is 0.820. The van der Waals surface area contributed by atoms with E-state index in [4.69, 9.17) is 5.11 Å². The molecule has 1 rings (SSSR count). The SMILES string of the molecule is O=C(C=Cc1ccccc1)O[CH]O. The van der Waals surface area contributed by atoms with Crippen molar-refractivity contribution in [3.8, 4) is 0 Å². The molecule has 3 heteroatoms. The van der Waals surface area contributed by atoms with Crippen molar-refractivity contribution in [3.05, 3.63) is 48.8 Å². The van der Waals surface area contributed by atoms with Crippen LogP contribution in [0.5, 0.6) is 0 Å². The van der Waals surface area contributed by atoms with Crippen molar-refractivity contribution in [1.82, 2.24) is 0 Å². The number of rotatable bonds is 3. The van der Waals surface area contributed by atoms with Crippen molar-refractivity contribution in [2.45, 2.75) is 0 Å². The molecule has 0 saturated heterocycles. The van der Waals surface area contributed by atoms with E-state index in [0.29, 0.717) is 6.79 Å². The first kappa shape index (κ1) is 9.48. The molecule has 1 radical (unpaired) electrons. The van der Waals surface area contributed by atoms with Crippen LogP contribution in [-0.2, 0) is 9.53 Å². The van der Waals surface area contributed by atoms with Crippen LogP contribution in [0.15, 0.2) is 36.4 Å². The summed E-state index contributed by atoms with van der Waals surface area (Å²) >= 11 is 0. The first-order valence-electron chi connectivity index (χ1n) is 3.72. The topological polar surface area (TPSA) is 46.5 Å². The standard InChI is InChI=1S/C10H9O3/c11-8-13-10(12)7-6-9-4-2-1-3-5-9/h1-8,11H. The van der Waals surface area contributed by atoms with Gasteiger partial charge in [0.25, 0.3) is 6.79 Å². The first-order chi connectivity index (χ1) is 6.33. The van der Waals surface area contributed by atoms with Gasteiger partial charge in [-0.2, -0.15) is 0 Å². The minimum atomic E-state index is -0.605. The van der Waals surface area contributed by atoms with Gasteiger partial charge in [-0.05, 0) is 11.6 Å². The second-order valence-corrected chi connectivity index (χ2v) is 2.29. The Bertz CT molecular complexity index is 290. The van der Waals surface area contributed by atoms with Gasteiger partial charge in [0, 0.05) is 6.08 Å². The molecular weight excluding hydrogens is 168 g/mol. The van der Waals surface area contributed by atoms with E-state index in [0.717, 1.165) is 5.56 Å². The third-order valence-corrected chi connectivity index (χ3v) is 1.38. The summed E-state index contributed by atoms with van der Waals surface area (Å²) in [4.78, 5) is 10.7. The number of benzene rings is 1. The number of carbonyl (C=O) groups excluding carboxylic acids is 1. The first-order valence-corrected chi connectivity index (χ1v) is 3.72. The van der Waals surface area contributed by atoms with Crippen LogP contribution in [0, 0.1) is 6.79 Å². The maximum atomic E-state index is 10.7. The Morgan fingerprint density at radius 1 is 1.31 bits per heavy atom. The highest BCUT2D eigenvalue weighted by Crippen LogP contribution is 2.00. The predicted molar refractivity (Wildman–Crippen MR) is 47.8 cm³/mol. The molecule has 0 heterocycles. The summed E-state index contributed by atoms with van der Waals surface area (Å²) < 4.78 is 4.17. The number of hydrogen-bond acceptors (Lipinski definition) is 3. The van der Waals surface area contributed by atoms with E-state index >= 15 is 0 Å². The van der Waals surface area contributed by atoms with Gasteiger partial charge in [-0.15, -0.1) is 0 Å². The monoisotopic (exact) mass is 177 g/mol. The second kappa shape index (κ2) is 5.11. The lowest BCUT2D eigenvalue weighted by Crippen LogP contribution is -1.96. The third kappa shape index (κ3) is 3.53. The minimum absolute atomic E-state index is 0.359. The van der Waals surface area contributed by atoms with Crippen molar-refractivity contribution in [2.24, 2.45) is 0 Å². The molecule has 3 nitrogen and oxygen atoms in total. The quantitative estimate of drug-likeness (QED) is 0.565. The van der Waals surface area contributed by atoms with Crippen LogP contribution in [0.4, 0.5) is 0 Å². The largest absolute Gasteiger partial charge is 0.426 e. The van der Waals surface area contributed by atoms with Crippen molar-refractivity contribution >= 4 is 12.0 Å². The van der Waals surface area contributed by atoms with E-state index < -0.39 is 5.97 Å². The van der Waals surface area contributed by atoms with Gasteiger partial charge in [-0.25, -0.2) is 4.79 Å². The Balaban J connectivity index is 2.54. The zero-order chi connectivity index (χ0) is 9.52. The maximum absolute atomic E-state index is 10.7. The fourth-order valence-corrected chi connectivity index (χ4v) is 0.820. The van der Waals surface area contributed by atoms with Crippen LogP contribution < -0.4 is 0 Å². The lowest BCUT2D eigenvalue weighted by atomic mass is 10.2. The second-order valence-electron chi connectivity index (χ2n) is 2.29. The molecule has 0 saturated carbocycles. The molecule has 1 aromatic carbocycles. The van der Waals surface area contributed by atoms with Gasteiger partial charge >= 0.3 is 5.97 Å². The highest BCUT2D eigenvalue weighted by Gasteiger charge is 1.93. The fraction of sp³-hybridized carbons (Fsp3) is 0. The summed E-state index contributed by atoms with van der Waals surface area (Å²) in [6.45, 7) is 0.359. The van der Waals surface area contributed by atoms with Crippen LogP contribution in [0.2, 0.25) is 0 Å². The molecule has 1 aromatic rings. The molecule has 0 bridgehead atoms. The summed E-state index contributed by atoms with van der Waals surface area (Å²) in [7, 11) is 0. The average Bonchev–Trinajstić information content (AvgIpc) is 2.17. The number of aliphatic hydroxyl groups is 1. The Kier molecular flexibility index (Phi) is 3.73. The Morgan fingerprint density at radius 2 is 2.00 bits per heavy atom. The minimum Gasteiger partial charge on any atom is -0.426 e. The highest BCUT2D eigenvalue weighted by molar-refractivity contribution is 5.87. The van der Waals surface area contributed by atoms with Crippen LogP contribution >= 0.6 is 0 Å². The van der Waals surface area contributed by atoms with Gasteiger partial charge < -0.3 is 9.84 Å². The number of esters is 1. The van der Waals surface area contributed by atoms with Crippen molar-refractivity contribution in [2.75, 3.05) is 0 Å². The van der Waals surface area contributed by atoms with E-state index in [-0.39, 0.29) is 0 Å². The molecule has 13 heavy (non-hydrogen) atoms. The highest BCUT2D eigenvalue weighted by atomic mass is 16.6. The smallest absolute Gasteiger partial charge is 0.333 e. The summed E-state index contributed by atoms with van der Waals surface area (Å²) in [5, 5.41) is 8.13. The molecule has 67 valence electrons. The van der Waals surface area contributed by atoms with Crippen LogP contribution in [0.1, 0.15) is 5.56 Å². The number of hydrogen-bond donors (Lipinski definition) is 1. The molecule has 0 aliphatic carbocycles. The summed E-state index contributed by atoms with van der Waals surface area (Å²) in [6.07, 6.45) is 2.84. The zero-order valence-electron chi connectivity index (χ0n) is 6.88. The van der Waals surface area contributed by atoms with Crippen LogP contribution in [0.3, 0.4) is 0 Å². The molecule has 1 N–H and O–H groups in total. The van der Waals surface area contributed by atoms with Crippen molar-refractivity contribution in [3.63, 3.8) is 0 Å². The van der Waals surface area contributed by atoms with Gasteiger partial charge in [-0.1, -0.05) is 30.3 Å². The Hall–Kier alpha value is -1.61. The van der Waals surface area contributed by atoms with Gasteiger partial charge in [0.15, 0.2) is 0 Å². The molecule has 0 atom stereocenters. The average molecular weight is 177 g/mol. The van der Waals surface area contributed by atoms with Crippen LogP contribution in [0.25, 0.3) is 6.08 Å². The van der Waals surface area contributed by atoms with E-state index in [9.17, 15) is 4.79 Å². The van der Waals surface area contributed by atoms with Crippen molar-refractivity contribution < 1.29 is 14.6 Å².